The lowest BCUT2D eigenvalue weighted by Crippen LogP contribution is -2.32. The summed E-state index contributed by atoms with van der Waals surface area (Å²) in [6.45, 7) is 2.82. The average Bonchev–Trinajstić information content (AvgIpc) is 2.43. The van der Waals surface area contributed by atoms with Gasteiger partial charge >= 0.3 is 12.0 Å². The number of rotatable bonds is 7. The van der Waals surface area contributed by atoms with Crippen molar-refractivity contribution in [1.29, 1.82) is 0 Å². The molecular formula is C15H22N2O3. The molecule has 0 saturated heterocycles. The molecule has 0 radical (unpaired) electrons. The van der Waals surface area contributed by atoms with Gasteiger partial charge in [0.25, 0.3) is 0 Å². The van der Waals surface area contributed by atoms with Gasteiger partial charge in [-0.05, 0) is 30.5 Å². The maximum atomic E-state index is 11.9. The lowest BCUT2D eigenvalue weighted by Gasteiger charge is -2.17. The van der Waals surface area contributed by atoms with E-state index >= 15 is 0 Å². The van der Waals surface area contributed by atoms with Crippen LogP contribution in [-0.2, 0) is 11.2 Å². The predicted octanol–water partition coefficient (Wildman–Crippen LogP) is 2.97. The molecule has 2 amide bonds. The van der Waals surface area contributed by atoms with Crippen molar-refractivity contribution in [2.45, 2.75) is 32.6 Å². The van der Waals surface area contributed by atoms with Gasteiger partial charge in [-0.25, -0.2) is 4.79 Å². The van der Waals surface area contributed by atoms with Crippen LogP contribution in [0.5, 0.6) is 0 Å². The highest BCUT2D eigenvalue weighted by Crippen LogP contribution is 2.12. The monoisotopic (exact) mass is 278 g/mol. The fraction of sp³-hybridized carbons (Fsp3) is 0.467. The van der Waals surface area contributed by atoms with E-state index in [1.807, 2.05) is 12.1 Å². The lowest BCUT2D eigenvalue weighted by molar-refractivity contribution is -0.136. The summed E-state index contributed by atoms with van der Waals surface area (Å²) in [7, 11) is 1.77. The van der Waals surface area contributed by atoms with Crippen molar-refractivity contribution in [1.82, 2.24) is 4.90 Å². The fourth-order valence-corrected chi connectivity index (χ4v) is 1.72. The largest absolute Gasteiger partial charge is 0.481 e. The molecule has 1 aromatic rings. The topological polar surface area (TPSA) is 69.6 Å². The van der Waals surface area contributed by atoms with Crippen LogP contribution in [0.4, 0.5) is 10.5 Å². The van der Waals surface area contributed by atoms with Gasteiger partial charge in [-0.2, -0.15) is 0 Å². The zero-order valence-electron chi connectivity index (χ0n) is 12.1. The molecule has 0 atom stereocenters. The van der Waals surface area contributed by atoms with E-state index in [2.05, 4.69) is 12.2 Å². The minimum Gasteiger partial charge on any atom is -0.481 e. The zero-order valence-corrected chi connectivity index (χ0v) is 12.1. The molecule has 1 rings (SSSR count). The van der Waals surface area contributed by atoms with E-state index in [-0.39, 0.29) is 12.5 Å². The van der Waals surface area contributed by atoms with Gasteiger partial charge in [0.05, 0.1) is 0 Å². The van der Waals surface area contributed by atoms with Crippen LogP contribution in [0.2, 0.25) is 0 Å². The van der Waals surface area contributed by atoms with E-state index in [0.29, 0.717) is 6.42 Å². The van der Waals surface area contributed by atoms with E-state index in [1.54, 1.807) is 24.1 Å². The quantitative estimate of drug-likeness (QED) is 0.805. The summed E-state index contributed by atoms with van der Waals surface area (Å²) in [4.78, 5) is 24.0. The van der Waals surface area contributed by atoms with Gasteiger partial charge in [-0.15, -0.1) is 0 Å². The number of unbranched alkanes of at least 4 members (excludes halogenated alkanes) is 1. The second-order valence-electron chi connectivity index (χ2n) is 4.80. The number of nitrogens with one attached hydrogen (secondary N) is 1. The maximum Gasteiger partial charge on any atom is 0.321 e. The van der Waals surface area contributed by atoms with Crippen LogP contribution in [0.3, 0.4) is 0 Å². The molecule has 110 valence electrons. The van der Waals surface area contributed by atoms with Gasteiger partial charge in [0.15, 0.2) is 0 Å². The first kappa shape index (κ1) is 16.0. The average molecular weight is 278 g/mol. The Bertz CT molecular complexity index is 443. The highest BCUT2D eigenvalue weighted by atomic mass is 16.4. The molecule has 5 heteroatoms. The molecule has 0 aromatic heterocycles. The fourth-order valence-electron chi connectivity index (χ4n) is 1.72. The van der Waals surface area contributed by atoms with Crippen molar-refractivity contribution in [2.24, 2.45) is 0 Å². The normalized spacial score (nSPS) is 10.1. The number of anilines is 1. The number of carbonyl (C=O) groups is 2. The van der Waals surface area contributed by atoms with E-state index in [1.165, 1.54) is 0 Å². The van der Waals surface area contributed by atoms with Crippen LogP contribution in [-0.4, -0.2) is 35.6 Å². The van der Waals surface area contributed by atoms with E-state index in [4.69, 9.17) is 5.11 Å². The van der Waals surface area contributed by atoms with Crippen LogP contribution < -0.4 is 5.32 Å². The number of nitrogens with zero attached hydrogens (tertiary/aromatic N) is 1. The number of carboxylic acids is 1. The first-order valence-corrected chi connectivity index (χ1v) is 6.85. The number of amides is 2. The second-order valence-corrected chi connectivity index (χ2v) is 4.80. The SMILES string of the molecule is CCCCN(C)C(=O)Nc1ccc(CCC(=O)O)cc1. The maximum absolute atomic E-state index is 11.9. The lowest BCUT2D eigenvalue weighted by atomic mass is 10.1. The zero-order chi connectivity index (χ0) is 15.0. The van der Waals surface area contributed by atoms with E-state index in [9.17, 15) is 9.59 Å². The van der Waals surface area contributed by atoms with Gasteiger partial charge in [0, 0.05) is 25.7 Å². The van der Waals surface area contributed by atoms with Crippen LogP contribution in [0.15, 0.2) is 24.3 Å². The molecule has 0 aliphatic carbocycles. The minimum atomic E-state index is -0.806. The summed E-state index contributed by atoms with van der Waals surface area (Å²) < 4.78 is 0. The molecule has 0 saturated carbocycles. The number of urea groups is 1. The third-order valence-electron chi connectivity index (χ3n) is 3.03. The van der Waals surface area contributed by atoms with Gasteiger partial charge in [0.1, 0.15) is 0 Å². The molecule has 2 N–H and O–H groups in total. The Labute approximate surface area is 119 Å². The van der Waals surface area contributed by atoms with Crippen LogP contribution in [0.1, 0.15) is 31.7 Å². The van der Waals surface area contributed by atoms with Crippen LogP contribution in [0, 0.1) is 0 Å². The first-order valence-electron chi connectivity index (χ1n) is 6.85. The van der Waals surface area contributed by atoms with Gasteiger partial charge in [-0.3, -0.25) is 4.79 Å². The molecule has 1 aromatic carbocycles. The van der Waals surface area contributed by atoms with E-state index < -0.39 is 5.97 Å². The van der Waals surface area contributed by atoms with Gasteiger partial charge < -0.3 is 15.3 Å². The smallest absolute Gasteiger partial charge is 0.321 e. The summed E-state index contributed by atoms with van der Waals surface area (Å²) in [6.07, 6.45) is 2.65. The minimum absolute atomic E-state index is 0.117. The molecule has 5 nitrogen and oxygen atoms in total. The number of benzene rings is 1. The van der Waals surface area contributed by atoms with E-state index in [0.717, 1.165) is 30.6 Å². The Morgan fingerprint density at radius 2 is 1.90 bits per heavy atom. The number of aryl methyl sites for hydroxylation is 1. The molecule has 0 aliphatic rings. The van der Waals surface area contributed by atoms with Gasteiger partial charge in [0.2, 0.25) is 0 Å². The molecule has 0 unspecified atom stereocenters. The molecule has 0 bridgehead atoms. The summed E-state index contributed by atoms with van der Waals surface area (Å²) in [6, 6.07) is 7.14. The van der Waals surface area contributed by atoms with Gasteiger partial charge in [-0.1, -0.05) is 25.5 Å². The highest BCUT2D eigenvalue weighted by molar-refractivity contribution is 5.89. The number of carbonyl (C=O) groups excluding carboxylic acids is 1. The van der Waals surface area contributed by atoms with Crippen molar-refractivity contribution < 1.29 is 14.7 Å². The highest BCUT2D eigenvalue weighted by Gasteiger charge is 2.07. The molecule has 0 spiro atoms. The molecule has 20 heavy (non-hydrogen) atoms. The standard InChI is InChI=1S/C15H22N2O3/c1-3-4-11-17(2)15(20)16-13-8-5-12(6-9-13)7-10-14(18)19/h5-6,8-9H,3-4,7,10-11H2,1-2H3,(H,16,20)(H,18,19). The number of carboxylic acid groups (broad SMARTS) is 1. The van der Waals surface area contributed by atoms with Crippen LogP contribution in [0.25, 0.3) is 0 Å². The predicted molar refractivity (Wildman–Crippen MR) is 79.0 cm³/mol. The Hall–Kier alpha value is -2.04. The summed E-state index contributed by atoms with van der Waals surface area (Å²) in [5.74, 6) is -0.806. The van der Waals surface area contributed by atoms with Crippen molar-refractivity contribution in [2.75, 3.05) is 18.9 Å². The molecular weight excluding hydrogens is 256 g/mol. The summed E-state index contributed by atoms with van der Waals surface area (Å²) in [5, 5.41) is 11.4. The summed E-state index contributed by atoms with van der Waals surface area (Å²) >= 11 is 0. The second kappa shape index (κ2) is 8.19. The first-order chi connectivity index (χ1) is 9.52. The summed E-state index contributed by atoms with van der Waals surface area (Å²) in [5.41, 5.74) is 1.67. The number of aliphatic carboxylic acids is 1. The molecule has 0 heterocycles. The third-order valence-corrected chi connectivity index (χ3v) is 3.03. The molecule has 0 fully saturated rings. The Morgan fingerprint density at radius 3 is 2.45 bits per heavy atom. The van der Waals surface area contributed by atoms with Crippen molar-refractivity contribution in [3.8, 4) is 0 Å². The Morgan fingerprint density at radius 1 is 1.25 bits per heavy atom. The van der Waals surface area contributed by atoms with Crippen molar-refractivity contribution in [3.63, 3.8) is 0 Å². The number of hydrogen-bond acceptors (Lipinski definition) is 2. The van der Waals surface area contributed by atoms with Crippen molar-refractivity contribution >= 4 is 17.7 Å². The van der Waals surface area contributed by atoms with Crippen LogP contribution >= 0.6 is 0 Å². The Balaban J connectivity index is 2.48. The Kier molecular flexibility index (Phi) is 6.56. The molecule has 0 aliphatic heterocycles. The number of hydrogen-bond donors (Lipinski definition) is 2. The van der Waals surface area contributed by atoms with Crippen molar-refractivity contribution in [3.05, 3.63) is 29.8 Å². The third kappa shape index (κ3) is 5.73.